The maximum absolute atomic E-state index is 13.0. The van der Waals surface area contributed by atoms with Crippen LogP contribution in [0.3, 0.4) is 0 Å². The molecule has 0 unspecified atom stereocenters. The number of rotatable bonds is 2. The van der Waals surface area contributed by atoms with Gasteiger partial charge in [-0.15, -0.1) is 0 Å². The Bertz CT molecular complexity index is 825. The van der Waals surface area contributed by atoms with Crippen molar-refractivity contribution in [2.45, 2.75) is 0 Å². The van der Waals surface area contributed by atoms with Crippen molar-refractivity contribution >= 4 is 11.7 Å². The van der Waals surface area contributed by atoms with Gasteiger partial charge in [0.15, 0.2) is 0 Å². The molecule has 0 aliphatic carbocycles. The van der Waals surface area contributed by atoms with Crippen LogP contribution in [0.4, 0.5) is 9.18 Å². The quantitative estimate of drug-likeness (QED) is 0.730. The molecule has 0 saturated carbocycles. The van der Waals surface area contributed by atoms with Crippen molar-refractivity contribution in [3.63, 3.8) is 0 Å². The van der Waals surface area contributed by atoms with Crippen molar-refractivity contribution in [2.75, 3.05) is 14.1 Å². The number of nitrogens with zero attached hydrogens (tertiary/aromatic N) is 3. The minimum absolute atomic E-state index is 0.287. The number of fused-ring (bicyclic) bond motifs is 1. The summed E-state index contributed by atoms with van der Waals surface area (Å²) >= 11 is 0. The summed E-state index contributed by atoms with van der Waals surface area (Å²) in [5, 5.41) is 0. The number of benzene rings is 1. The van der Waals surface area contributed by atoms with Crippen LogP contribution in [0, 0.1) is 5.82 Å². The molecule has 2 heterocycles. The van der Waals surface area contributed by atoms with E-state index in [9.17, 15) is 9.18 Å². The Morgan fingerprint density at radius 1 is 1.14 bits per heavy atom. The molecular formula is C16H14FN3O2. The molecule has 0 spiro atoms. The molecule has 5 nitrogen and oxygen atoms in total. The van der Waals surface area contributed by atoms with E-state index in [1.165, 1.54) is 17.0 Å². The van der Waals surface area contributed by atoms with E-state index in [4.69, 9.17) is 4.74 Å². The zero-order valence-electron chi connectivity index (χ0n) is 12.2. The van der Waals surface area contributed by atoms with Gasteiger partial charge in [0.2, 0.25) is 0 Å². The van der Waals surface area contributed by atoms with Crippen molar-refractivity contribution in [1.29, 1.82) is 0 Å². The highest BCUT2D eigenvalue weighted by Crippen LogP contribution is 2.21. The van der Waals surface area contributed by atoms with Gasteiger partial charge in [-0.1, -0.05) is 0 Å². The van der Waals surface area contributed by atoms with Gasteiger partial charge in [0.05, 0.1) is 11.9 Å². The number of aromatic nitrogens is 2. The number of carbonyl (C=O) groups is 1. The maximum Gasteiger partial charge on any atom is 0.414 e. The first kappa shape index (κ1) is 14.1. The zero-order valence-corrected chi connectivity index (χ0v) is 12.2. The van der Waals surface area contributed by atoms with Gasteiger partial charge in [-0.2, -0.15) is 0 Å². The Kier molecular flexibility index (Phi) is 3.50. The molecule has 3 rings (SSSR count). The first-order valence-corrected chi connectivity index (χ1v) is 6.67. The van der Waals surface area contributed by atoms with Crippen LogP contribution in [0.25, 0.3) is 16.9 Å². The lowest BCUT2D eigenvalue weighted by Crippen LogP contribution is -2.25. The number of hydrogen-bond acceptors (Lipinski definition) is 3. The first-order chi connectivity index (χ1) is 10.5. The van der Waals surface area contributed by atoms with E-state index in [1.807, 2.05) is 0 Å². The number of amides is 1. The van der Waals surface area contributed by atoms with E-state index < -0.39 is 6.09 Å². The van der Waals surface area contributed by atoms with Crippen LogP contribution in [0.15, 0.2) is 48.8 Å². The second-order valence-electron chi connectivity index (χ2n) is 5.03. The number of hydrogen-bond donors (Lipinski definition) is 0. The fourth-order valence-corrected chi connectivity index (χ4v) is 1.98. The van der Waals surface area contributed by atoms with Gasteiger partial charge in [0.25, 0.3) is 0 Å². The number of ether oxygens (including phenoxy) is 1. The fourth-order valence-electron chi connectivity index (χ4n) is 1.98. The summed E-state index contributed by atoms with van der Waals surface area (Å²) in [7, 11) is 3.23. The minimum Gasteiger partial charge on any atom is -0.409 e. The smallest absolute Gasteiger partial charge is 0.409 e. The Hall–Kier alpha value is -2.89. The molecule has 0 saturated heterocycles. The van der Waals surface area contributed by atoms with Crippen LogP contribution in [0.5, 0.6) is 5.75 Å². The van der Waals surface area contributed by atoms with Crippen LogP contribution in [-0.2, 0) is 0 Å². The van der Waals surface area contributed by atoms with Gasteiger partial charge in [0.1, 0.15) is 17.2 Å². The highest BCUT2D eigenvalue weighted by molar-refractivity contribution is 5.70. The average molecular weight is 299 g/mol. The lowest BCUT2D eigenvalue weighted by molar-refractivity contribution is 0.171. The predicted octanol–water partition coefficient (Wildman–Crippen LogP) is 3.20. The van der Waals surface area contributed by atoms with E-state index in [2.05, 4.69) is 4.98 Å². The van der Waals surface area contributed by atoms with Crippen molar-refractivity contribution in [2.24, 2.45) is 0 Å². The van der Waals surface area contributed by atoms with Crippen LogP contribution in [0.1, 0.15) is 0 Å². The summed E-state index contributed by atoms with van der Waals surface area (Å²) in [5.74, 6) is 0.139. The predicted molar refractivity (Wildman–Crippen MR) is 80.3 cm³/mol. The summed E-state index contributed by atoms with van der Waals surface area (Å²) in [6, 6.07) is 9.56. The van der Waals surface area contributed by atoms with Crippen LogP contribution in [0.2, 0.25) is 0 Å². The molecule has 0 atom stereocenters. The molecule has 3 aromatic rings. The number of halogens is 1. The molecule has 1 amide bonds. The number of carbonyl (C=O) groups excluding carboxylic acids is 1. The lowest BCUT2D eigenvalue weighted by Gasteiger charge is -2.10. The Morgan fingerprint density at radius 3 is 2.55 bits per heavy atom. The topological polar surface area (TPSA) is 46.8 Å². The molecule has 0 radical (unpaired) electrons. The van der Waals surface area contributed by atoms with Gasteiger partial charge >= 0.3 is 6.09 Å². The van der Waals surface area contributed by atoms with Crippen LogP contribution in [-0.4, -0.2) is 34.5 Å². The molecule has 0 bridgehead atoms. The lowest BCUT2D eigenvalue weighted by atomic mass is 10.2. The number of pyridine rings is 1. The zero-order chi connectivity index (χ0) is 15.7. The van der Waals surface area contributed by atoms with E-state index in [-0.39, 0.29) is 5.82 Å². The second kappa shape index (κ2) is 5.48. The molecule has 0 N–H and O–H groups in total. The normalized spacial score (nSPS) is 10.7. The van der Waals surface area contributed by atoms with Gasteiger partial charge in [-0.3, -0.25) is 0 Å². The molecule has 0 aliphatic heterocycles. The maximum atomic E-state index is 13.0. The SMILES string of the molecule is CN(C)C(=O)Oc1ccc2nc(-c3ccc(F)cc3)cn2c1. The average Bonchev–Trinajstić information content (AvgIpc) is 2.91. The van der Waals surface area contributed by atoms with Crippen molar-refractivity contribution < 1.29 is 13.9 Å². The third-order valence-corrected chi connectivity index (χ3v) is 3.13. The summed E-state index contributed by atoms with van der Waals surface area (Å²) in [4.78, 5) is 17.4. The third kappa shape index (κ3) is 2.76. The van der Waals surface area contributed by atoms with Crippen molar-refractivity contribution in [3.05, 3.63) is 54.6 Å². The molecule has 0 aliphatic rings. The van der Waals surface area contributed by atoms with Gasteiger partial charge in [0, 0.05) is 25.9 Å². The van der Waals surface area contributed by atoms with Crippen LogP contribution >= 0.6 is 0 Å². The third-order valence-electron chi connectivity index (χ3n) is 3.13. The highest BCUT2D eigenvalue weighted by Gasteiger charge is 2.09. The van der Waals surface area contributed by atoms with Crippen LogP contribution < -0.4 is 4.74 Å². The standard InChI is InChI=1S/C16H14FN3O2/c1-19(2)16(21)22-13-7-8-15-18-14(10-20(15)9-13)11-3-5-12(17)6-4-11/h3-10H,1-2H3. The monoisotopic (exact) mass is 299 g/mol. The Balaban J connectivity index is 1.93. The van der Waals surface area contributed by atoms with Gasteiger partial charge in [-0.25, -0.2) is 14.2 Å². The summed E-state index contributed by atoms with van der Waals surface area (Å²) in [6.07, 6.45) is 3.03. The molecule has 6 heteroatoms. The summed E-state index contributed by atoms with van der Waals surface area (Å²) < 4.78 is 19.9. The molecule has 112 valence electrons. The molecule has 1 aromatic carbocycles. The first-order valence-electron chi connectivity index (χ1n) is 6.67. The summed E-state index contributed by atoms with van der Waals surface area (Å²) in [6.45, 7) is 0. The minimum atomic E-state index is -0.446. The fraction of sp³-hybridized carbons (Fsp3) is 0.125. The molecule has 2 aromatic heterocycles. The van der Waals surface area contributed by atoms with E-state index in [0.717, 1.165) is 11.3 Å². The Labute approximate surface area is 126 Å². The largest absolute Gasteiger partial charge is 0.414 e. The molecule has 0 fully saturated rings. The van der Waals surface area contributed by atoms with E-state index in [1.54, 1.807) is 55.2 Å². The molecule has 22 heavy (non-hydrogen) atoms. The molecular weight excluding hydrogens is 285 g/mol. The highest BCUT2D eigenvalue weighted by atomic mass is 19.1. The Morgan fingerprint density at radius 2 is 1.86 bits per heavy atom. The van der Waals surface area contributed by atoms with Crippen molar-refractivity contribution in [1.82, 2.24) is 14.3 Å². The van der Waals surface area contributed by atoms with E-state index >= 15 is 0 Å². The number of imidazole rings is 1. The van der Waals surface area contributed by atoms with Gasteiger partial charge in [-0.05, 0) is 36.4 Å². The van der Waals surface area contributed by atoms with Gasteiger partial charge < -0.3 is 14.0 Å². The van der Waals surface area contributed by atoms with Crippen molar-refractivity contribution in [3.8, 4) is 17.0 Å². The summed E-state index contributed by atoms with van der Waals surface area (Å²) in [5.41, 5.74) is 2.25. The second-order valence-corrected chi connectivity index (χ2v) is 5.03. The van der Waals surface area contributed by atoms with E-state index in [0.29, 0.717) is 11.4 Å².